The van der Waals surface area contributed by atoms with E-state index in [9.17, 15) is 9.18 Å². The predicted molar refractivity (Wildman–Crippen MR) is 92.6 cm³/mol. The van der Waals surface area contributed by atoms with Crippen LogP contribution >= 0.6 is 0 Å². The molecule has 1 aliphatic heterocycles. The topological polar surface area (TPSA) is 32.8 Å². The number of likely N-dealkylation sites (N-methyl/N-ethyl adjacent to an activating group) is 1. The summed E-state index contributed by atoms with van der Waals surface area (Å²) in [6.07, 6.45) is 0.420. The van der Waals surface area contributed by atoms with Crippen LogP contribution < -0.4 is 4.90 Å². The lowest BCUT2D eigenvalue weighted by molar-refractivity contribution is 0.110. The molecule has 1 aliphatic rings. The molecule has 0 aromatic heterocycles. The number of carbonyl (C=O) groups excluding carboxylic acids is 1. The van der Waals surface area contributed by atoms with Gasteiger partial charge in [0.15, 0.2) is 0 Å². The second-order valence-corrected chi connectivity index (χ2v) is 6.14. The molecule has 5 heteroatoms. The second-order valence-electron chi connectivity index (χ2n) is 6.14. The number of rotatable bonds is 3. The monoisotopic (exact) mass is 328 g/mol. The maximum Gasteiger partial charge on any atom is 0.414 e. The summed E-state index contributed by atoms with van der Waals surface area (Å²) in [5.74, 6) is -0.283. The molecular formula is C19H21FN2O2. The minimum atomic E-state index is -0.370. The maximum absolute atomic E-state index is 13.2. The molecule has 1 atom stereocenters. The molecule has 1 heterocycles. The van der Waals surface area contributed by atoms with Crippen molar-refractivity contribution in [1.29, 1.82) is 0 Å². The van der Waals surface area contributed by atoms with E-state index in [1.165, 1.54) is 17.0 Å². The minimum absolute atomic E-state index is 0.0667. The van der Waals surface area contributed by atoms with E-state index in [0.29, 0.717) is 0 Å². The largest absolute Gasteiger partial charge is 0.444 e. The summed E-state index contributed by atoms with van der Waals surface area (Å²) in [5.41, 5.74) is 2.45. The van der Waals surface area contributed by atoms with Crippen molar-refractivity contribution < 1.29 is 13.9 Å². The minimum Gasteiger partial charge on any atom is -0.444 e. The van der Waals surface area contributed by atoms with Gasteiger partial charge in [0.2, 0.25) is 0 Å². The first kappa shape index (κ1) is 16.5. The molecule has 0 N–H and O–H groups in total. The molecule has 0 bridgehead atoms. The molecule has 0 spiro atoms. The first-order chi connectivity index (χ1) is 11.5. The van der Waals surface area contributed by atoms with Crippen LogP contribution in [0.15, 0.2) is 48.5 Å². The Kier molecular flexibility index (Phi) is 4.81. The lowest BCUT2D eigenvalue weighted by Gasteiger charge is -2.22. The van der Waals surface area contributed by atoms with Gasteiger partial charge in [-0.2, -0.15) is 0 Å². The molecule has 0 saturated carbocycles. The number of anilines is 1. The van der Waals surface area contributed by atoms with Crippen LogP contribution in [0.2, 0.25) is 0 Å². The van der Waals surface area contributed by atoms with E-state index in [2.05, 4.69) is 4.90 Å². The molecule has 2 aromatic rings. The number of benzene rings is 2. The third kappa shape index (κ3) is 3.57. The van der Waals surface area contributed by atoms with Crippen LogP contribution in [0.4, 0.5) is 14.9 Å². The van der Waals surface area contributed by atoms with Crippen LogP contribution in [0.3, 0.4) is 0 Å². The summed E-state index contributed by atoms with van der Waals surface area (Å²) in [7, 11) is 3.71. The van der Waals surface area contributed by atoms with Crippen LogP contribution in [-0.4, -0.2) is 44.3 Å². The highest BCUT2D eigenvalue weighted by atomic mass is 19.1. The summed E-state index contributed by atoms with van der Waals surface area (Å²) in [6, 6.07) is 13.8. The molecule has 126 valence electrons. The van der Waals surface area contributed by atoms with Gasteiger partial charge in [-0.1, -0.05) is 30.3 Å². The van der Waals surface area contributed by atoms with Gasteiger partial charge in [-0.05, 0) is 37.2 Å². The molecule has 0 unspecified atom stereocenters. The summed E-state index contributed by atoms with van der Waals surface area (Å²) >= 11 is 0. The van der Waals surface area contributed by atoms with E-state index >= 15 is 0 Å². The van der Waals surface area contributed by atoms with Crippen molar-refractivity contribution in [2.24, 2.45) is 0 Å². The molecule has 4 nitrogen and oxygen atoms in total. The van der Waals surface area contributed by atoms with E-state index in [0.717, 1.165) is 36.3 Å². The lowest BCUT2D eigenvalue weighted by atomic mass is 10.0. The molecule has 0 aliphatic carbocycles. The van der Waals surface area contributed by atoms with E-state index in [-0.39, 0.29) is 18.0 Å². The first-order valence-corrected chi connectivity index (χ1v) is 8.02. The standard InChI is InChI=1S/C19H21FN2O2/c1-21-12-11-16(13-21)24-19(23)22(2)18-6-4-3-5-17(18)14-7-9-15(20)10-8-14/h3-10,16H,11-13H2,1-2H3/t16-/m1/s1. The summed E-state index contributed by atoms with van der Waals surface area (Å²) < 4.78 is 18.8. The van der Waals surface area contributed by atoms with Crippen molar-refractivity contribution in [3.63, 3.8) is 0 Å². The van der Waals surface area contributed by atoms with Crippen molar-refractivity contribution in [3.05, 3.63) is 54.3 Å². The predicted octanol–water partition coefficient (Wildman–Crippen LogP) is 3.77. The van der Waals surface area contributed by atoms with Crippen molar-refractivity contribution >= 4 is 11.8 Å². The molecule has 24 heavy (non-hydrogen) atoms. The van der Waals surface area contributed by atoms with Gasteiger partial charge in [0, 0.05) is 25.7 Å². The summed E-state index contributed by atoms with van der Waals surface area (Å²) in [6.45, 7) is 1.70. The van der Waals surface area contributed by atoms with E-state index in [4.69, 9.17) is 4.74 Å². The quantitative estimate of drug-likeness (QED) is 0.860. The third-order valence-corrected chi connectivity index (χ3v) is 4.31. The maximum atomic E-state index is 13.2. The summed E-state index contributed by atoms with van der Waals surface area (Å²) in [4.78, 5) is 16.1. The van der Waals surface area contributed by atoms with Gasteiger partial charge in [0.05, 0.1) is 5.69 Å². The number of amides is 1. The van der Waals surface area contributed by atoms with Gasteiger partial charge < -0.3 is 9.64 Å². The number of halogens is 1. The third-order valence-electron chi connectivity index (χ3n) is 4.31. The van der Waals surface area contributed by atoms with Crippen molar-refractivity contribution in [2.45, 2.75) is 12.5 Å². The van der Waals surface area contributed by atoms with Gasteiger partial charge in [0.1, 0.15) is 11.9 Å². The van der Waals surface area contributed by atoms with Crippen molar-refractivity contribution in [2.75, 3.05) is 32.1 Å². The number of hydrogen-bond acceptors (Lipinski definition) is 3. The van der Waals surface area contributed by atoms with Crippen LogP contribution in [0.5, 0.6) is 0 Å². The number of nitrogens with zero attached hydrogens (tertiary/aromatic N) is 2. The Morgan fingerprint density at radius 3 is 2.58 bits per heavy atom. The van der Waals surface area contributed by atoms with Crippen LogP contribution in [0.1, 0.15) is 6.42 Å². The van der Waals surface area contributed by atoms with Crippen molar-refractivity contribution in [3.8, 4) is 11.1 Å². The van der Waals surface area contributed by atoms with Crippen LogP contribution in [0, 0.1) is 5.82 Å². The second kappa shape index (κ2) is 7.01. The van der Waals surface area contributed by atoms with Gasteiger partial charge in [0.25, 0.3) is 0 Å². The highest BCUT2D eigenvalue weighted by Crippen LogP contribution is 2.31. The van der Waals surface area contributed by atoms with Crippen LogP contribution in [-0.2, 0) is 4.74 Å². The highest BCUT2D eigenvalue weighted by Gasteiger charge is 2.25. The zero-order valence-electron chi connectivity index (χ0n) is 13.9. The fraction of sp³-hybridized carbons (Fsp3) is 0.316. The van der Waals surface area contributed by atoms with Gasteiger partial charge in [-0.15, -0.1) is 0 Å². The first-order valence-electron chi connectivity index (χ1n) is 8.02. The number of ether oxygens (including phenoxy) is 1. The Morgan fingerprint density at radius 2 is 1.92 bits per heavy atom. The fourth-order valence-electron chi connectivity index (χ4n) is 2.95. The Morgan fingerprint density at radius 1 is 1.21 bits per heavy atom. The molecule has 1 fully saturated rings. The molecule has 3 rings (SSSR count). The molecule has 1 saturated heterocycles. The Balaban J connectivity index is 1.81. The lowest BCUT2D eigenvalue weighted by Crippen LogP contribution is -2.32. The molecule has 1 amide bonds. The molecule has 0 radical (unpaired) electrons. The van der Waals surface area contributed by atoms with Gasteiger partial charge in [-0.3, -0.25) is 4.90 Å². The number of para-hydroxylation sites is 1. The van der Waals surface area contributed by atoms with Crippen molar-refractivity contribution in [1.82, 2.24) is 4.90 Å². The Hall–Kier alpha value is -2.40. The normalized spacial score (nSPS) is 17.7. The Bertz CT molecular complexity index is 718. The fourth-order valence-corrected chi connectivity index (χ4v) is 2.95. The zero-order chi connectivity index (χ0) is 17.1. The highest BCUT2D eigenvalue weighted by molar-refractivity contribution is 5.93. The average Bonchev–Trinajstić information content (AvgIpc) is 3.00. The van der Waals surface area contributed by atoms with Crippen LogP contribution in [0.25, 0.3) is 11.1 Å². The average molecular weight is 328 g/mol. The van der Waals surface area contributed by atoms with E-state index < -0.39 is 0 Å². The number of hydrogen-bond donors (Lipinski definition) is 0. The Labute approximate surface area is 141 Å². The number of carbonyl (C=O) groups is 1. The molecule has 2 aromatic carbocycles. The number of likely N-dealkylation sites (tertiary alicyclic amines) is 1. The smallest absolute Gasteiger partial charge is 0.414 e. The molecular weight excluding hydrogens is 307 g/mol. The SMILES string of the molecule is CN1CC[C@@H](OC(=O)N(C)c2ccccc2-c2ccc(F)cc2)C1. The van der Waals surface area contributed by atoms with E-state index in [1.54, 1.807) is 19.2 Å². The summed E-state index contributed by atoms with van der Waals surface area (Å²) in [5, 5.41) is 0. The van der Waals surface area contributed by atoms with E-state index in [1.807, 2.05) is 31.3 Å². The van der Waals surface area contributed by atoms with Gasteiger partial charge in [-0.25, -0.2) is 9.18 Å². The van der Waals surface area contributed by atoms with Gasteiger partial charge >= 0.3 is 6.09 Å². The zero-order valence-corrected chi connectivity index (χ0v) is 13.9.